The summed E-state index contributed by atoms with van der Waals surface area (Å²) >= 11 is 5.73. The van der Waals surface area contributed by atoms with Crippen molar-refractivity contribution in [2.45, 2.75) is 17.7 Å². The number of carboxylic acid groups (broad SMARTS) is 1. The molecule has 0 aliphatic carbocycles. The second-order valence-electron chi connectivity index (χ2n) is 5.05. The Morgan fingerprint density at radius 2 is 1.88 bits per heavy atom. The smallest absolute Gasteiger partial charge is 0.303 e. The normalized spacial score (nSPS) is 11.1. The Balaban J connectivity index is 2.07. The molecule has 134 valence electrons. The summed E-state index contributed by atoms with van der Waals surface area (Å²) in [5.74, 6) is -1.97. The SMILES string of the molecule is O=C(O)CCCOc1ccc(S(=O)(=O)Nc2ccc(Cl)cc2)cc1F. The van der Waals surface area contributed by atoms with Gasteiger partial charge in [-0.3, -0.25) is 9.52 Å². The molecule has 6 nitrogen and oxygen atoms in total. The Morgan fingerprint density at radius 3 is 2.48 bits per heavy atom. The van der Waals surface area contributed by atoms with Gasteiger partial charge in [0.25, 0.3) is 10.0 Å². The van der Waals surface area contributed by atoms with Gasteiger partial charge in [0, 0.05) is 17.1 Å². The predicted molar refractivity (Wildman–Crippen MR) is 91.0 cm³/mol. The molecule has 0 aliphatic heterocycles. The zero-order valence-electron chi connectivity index (χ0n) is 12.9. The Hall–Kier alpha value is -2.32. The highest BCUT2D eigenvalue weighted by atomic mass is 35.5. The number of benzene rings is 2. The molecule has 0 bridgehead atoms. The highest BCUT2D eigenvalue weighted by molar-refractivity contribution is 7.92. The molecule has 0 aromatic heterocycles. The number of nitrogens with one attached hydrogen (secondary N) is 1. The molecule has 2 rings (SSSR count). The zero-order chi connectivity index (χ0) is 18.4. The van der Waals surface area contributed by atoms with Gasteiger partial charge >= 0.3 is 5.97 Å². The minimum absolute atomic E-state index is 0.0122. The maximum atomic E-state index is 14.0. The summed E-state index contributed by atoms with van der Waals surface area (Å²) in [6.07, 6.45) is 0.117. The van der Waals surface area contributed by atoms with E-state index in [0.29, 0.717) is 10.7 Å². The Labute approximate surface area is 149 Å². The largest absolute Gasteiger partial charge is 0.491 e. The minimum atomic E-state index is -3.97. The fraction of sp³-hybridized carbons (Fsp3) is 0.188. The summed E-state index contributed by atoms with van der Waals surface area (Å²) < 4.78 is 46.0. The van der Waals surface area contributed by atoms with Gasteiger partial charge in [-0.2, -0.15) is 0 Å². The molecule has 0 fully saturated rings. The fourth-order valence-electron chi connectivity index (χ4n) is 1.90. The van der Waals surface area contributed by atoms with Crippen LogP contribution in [0.5, 0.6) is 5.75 Å². The summed E-state index contributed by atoms with van der Waals surface area (Å²) in [6, 6.07) is 9.24. The number of ether oxygens (including phenoxy) is 1. The molecule has 0 amide bonds. The van der Waals surface area contributed by atoms with Crippen molar-refractivity contribution in [1.82, 2.24) is 0 Å². The summed E-state index contributed by atoms with van der Waals surface area (Å²) in [7, 11) is -3.97. The quantitative estimate of drug-likeness (QED) is 0.676. The van der Waals surface area contributed by atoms with E-state index in [1.54, 1.807) is 0 Å². The van der Waals surface area contributed by atoms with E-state index < -0.39 is 21.8 Å². The van der Waals surface area contributed by atoms with Crippen molar-refractivity contribution in [3.05, 3.63) is 53.3 Å². The van der Waals surface area contributed by atoms with Crippen LogP contribution in [-0.2, 0) is 14.8 Å². The van der Waals surface area contributed by atoms with Gasteiger partial charge in [-0.15, -0.1) is 0 Å². The van der Waals surface area contributed by atoms with Gasteiger partial charge in [0.05, 0.1) is 11.5 Å². The number of sulfonamides is 1. The Morgan fingerprint density at radius 1 is 1.20 bits per heavy atom. The summed E-state index contributed by atoms with van der Waals surface area (Å²) in [5.41, 5.74) is 0.291. The van der Waals surface area contributed by atoms with Gasteiger partial charge in [-0.05, 0) is 48.9 Å². The van der Waals surface area contributed by atoms with Gasteiger partial charge in [-0.25, -0.2) is 12.8 Å². The molecule has 0 heterocycles. The minimum Gasteiger partial charge on any atom is -0.491 e. The lowest BCUT2D eigenvalue weighted by Gasteiger charge is -2.10. The second-order valence-corrected chi connectivity index (χ2v) is 7.17. The van der Waals surface area contributed by atoms with E-state index in [2.05, 4.69) is 4.72 Å². The van der Waals surface area contributed by atoms with Crippen LogP contribution in [0.15, 0.2) is 47.4 Å². The number of aliphatic carboxylic acids is 1. The molecule has 0 spiro atoms. The van der Waals surface area contributed by atoms with E-state index in [4.69, 9.17) is 21.4 Å². The third-order valence-electron chi connectivity index (χ3n) is 3.10. The summed E-state index contributed by atoms with van der Waals surface area (Å²) in [6.45, 7) is 0.0122. The van der Waals surface area contributed by atoms with E-state index in [0.717, 1.165) is 6.07 Å². The lowest BCUT2D eigenvalue weighted by Crippen LogP contribution is -2.13. The van der Waals surface area contributed by atoms with Crippen LogP contribution < -0.4 is 9.46 Å². The second kappa shape index (κ2) is 8.17. The molecule has 0 aliphatic rings. The molecule has 2 aromatic carbocycles. The molecule has 2 aromatic rings. The Kier molecular flexibility index (Phi) is 6.22. The molecule has 0 saturated carbocycles. The number of halogens is 2. The molecule has 0 saturated heterocycles. The van der Waals surface area contributed by atoms with Crippen molar-refractivity contribution in [2.75, 3.05) is 11.3 Å². The van der Waals surface area contributed by atoms with E-state index in [-0.39, 0.29) is 30.1 Å². The van der Waals surface area contributed by atoms with Crippen LogP contribution in [0, 0.1) is 5.82 Å². The van der Waals surface area contributed by atoms with Crippen molar-refractivity contribution in [1.29, 1.82) is 0 Å². The highest BCUT2D eigenvalue weighted by Crippen LogP contribution is 2.23. The van der Waals surface area contributed by atoms with E-state index >= 15 is 0 Å². The van der Waals surface area contributed by atoms with Crippen molar-refractivity contribution in [3.63, 3.8) is 0 Å². The van der Waals surface area contributed by atoms with Crippen molar-refractivity contribution in [3.8, 4) is 5.75 Å². The number of hydrogen-bond donors (Lipinski definition) is 2. The first kappa shape index (κ1) is 19.0. The van der Waals surface area contributed by atoms with Gasteiger partial charge in [0.1, 0.15) is 0 Å². The van der Waals surface area contributed by atoms with Gasteiger partial charge in [0.15, 0.2) is 11.6 Å². The lowest BCUT2D eigenvalue weighted by molar-refractivity contribution is -0.137. The highest BCUT2D eigenvalue weighted by Gasteiger charge is 2.17. The van der Waals surface area contributed by atoms with E-state index in [1.807, 2.05) is 0 Å². The molecule has 25 heavy (non-hydrogen) atoms. The molecular weight excluding hydrogens is 373 g/mol. The van der Waals surface area contributed by atoms with Crippen LogP contribution in [0.2, 0.25) is 5.02 Å². The van der Waals surface area contributed by atoms with Gasteiger partial charge in [0.2, 0.25) is 0 Å². The van der Waals surface area contributed by atoms with Crippen LogP contribution in [0.25, 0.3) is 0 Å². The number of anilines is 1. The standard InChI is InChI=1S/C16H15ClFNO5S/c17-11-3-5-12(6-4-11)19-25(22,23)13-7-8-15(14(18)10-13)24-9-1-2-16(20)21/h3-8,10,19H,1-2,9H2,(H,20,21). The predicted octanol–water partition coefficient (Wildman–Crippen LogP) is 3.52. The Bertz CT molecular complexity index is 855. The monoisotopic (exact) mass is 387 g/mol. The van der Waals surface area contributed by atoms with Crippen molar-refractivity contribution >= 4 is 33.3 Å². The molecule has 9 heteroatoms. The number of hydrogen-bond acceptors (Lipinski definition) is 4. The summed E-state index contributed by atoms with van der Waals surface area (Å²) in [5, 5.41) is 8.97. The van der Waals surface area contributed by atoms with Gasteiger partial charge in [-0.1, -0.05) is 11.6 Å². The molecular formula is C16H15ClFNO5S. The third-order valence-corrected chi connectivity index (χ3v) is 4.73. The molecule has 2 N–H and O–H groups in total. The topological polar surface area (TPSA) is 92.7 Å². The number of carboxylic acids is 1. The molecule has 0 atom stereocenters. The maximum Gasteiger partial charge on any atom is 0.303 e. The maximum absolute atomic E-state index is 14.0. The van der Waals surface area contributed by atoms with Crippen molar-refractivity contribution in [2.24, 2.45) is 0 Å². The van der Waals surface area contributed by atoms with Crippen LogP contribution >= 0.6 is 11.6 Å². The van der Waals surface area contributed by atoms with Crippen LogP contribution in [0.1, 0.15) is 12.8 Å². The third kappa shape index (κ3) is 5.61. The van der Waals surface area contributed by atoms with E-state index in [9.17, 15) is 17.6 Å². The first-order valence-electron chi connectivity index (χ1n) is 7.20. The fourth-order valence-corrected chi connectivity index (χ4v) is 3.10. The average Bonchev–Trinajstić information content (AvgIpc) is 2.54. The van der Waals surface area contributed by atoms with Crippen LogP contribution in [0.3, 0.4) is 0 Å². The van der Waals surface area contributed by atoms with Crippen LogP contribution in [-0.4, -0.2) is 26.1 Å². The van der Waals surface area contributed by atoms with E-state index in [1.165, 1.54) is 36.4 Å². The molecule has 0 unspecified atom stereocenters. The number of carbonyl (C=O) groups is 1. The van der Waals surface area contributed by atoms with Gasteiger partial charge < -0.3 is 9.84 Å². The first-order valence-corrected chi connectivity index (χ1v) is 9.06. The van der Waals surface area contributed by atoms with Crippen LogP contribution in [0.4, 0.5) is 10.1 Å². The number of rotatable bonds is 8. The van der Waals surface area contributed by atoms with Crippen molar-refractivity contribution < 1.29 is 27.4 Å². The lowest BCUT2D eigenvalue weighted by atomic mass is 10.3. The molecule has 0 radical (unpaired) electrons. The first-order chi connectivity index (χ1) is 11.8. The summed E-state index contributed by atoms with van der Waals surface area (Å²) in [4.78, 5) is 10.1. The average molecular weight is 388 g/mol. The zero-order valence-corrected chi connectivity index (χ0v) is 14.5.